The van der Waals surface area contributed by atoms with Crippen molar-refractivity contribution in [3.05, 3.63) is 51.0 Å². The Hall–Kier alpha value is -0.510. The predicted molar refractivity (Wildman–Crippen MR) is 70.2 cm³/mol. The van der Waals surface area contributed by atoms with E-state index in [2.05, 4.69) is 0 Å². The van der Waals surface area contributed by atoms with E-state index in [0.717, 1.165) is 5.56 Å². The molecule has 90 valence electrons. The van der Waals surface area contributed by atoms with E-state index >= 15 is 0 Å². The normalized spacial score (nSPS) is 24.9. The number of hydrogen-bond acceptors (Lipinski definition) is 2. The molecule has 5 heteroatoms. The van der Waals surface area contributed by atoms with Gasteiger partial charge in [0.2, 0.25) is 0 Å². The molecule has 2 atom stereocenters. The monoisotopic (exact) mass is 290 g/mol. The number of benzene rings is 1. The summed E-state index contributed by atoms with van der Waals surface area (Å²) >= 11 is 17.6. The van der Waals surface area contributed by atoms with Gasteiger partial charge in [-0.15, -0.1) is 0 Å². The summed E-state index contributed by atoms with van der Waals surface area (Å²) in [4.78, 5) is 0. The molecular weight excluding hydrogens is 282 g/mol. The Kier molecular flexibility index (Phi) is 3.81. The van der Waals surface area contributed by atoms with E-state index in [9.17, 15) is 10.2 Å². The van der Waals surface area contributed by atoms with Gasteiger partial charge < -0.3 is 10.2 Å². The van der Waals surface area contributed by atoms with Crippen LogP contribution in [0.3, 0.4) is 0 Å². The lowest BCUT2D eigenvalue weighted by atomic mass is 9.96. The fraction of sp³-hybridized carbons (Fsp3) is 0.167. The van der Waals surface area contributed by atoms with Crippen LogP contribution in [0.25, 0.3) is 5.57 Å². The third kappa shape index (κ3) is 2.51. The standard InChI is InChI=1S/C12H9Cl3O2/c13-7-3-1-6(2-4-7)8-5-9(14)11(16)12(17)10(8)15/h1-5,11-12,16-17H. The van der Waals surface area contributed by atoms with Crippen LogP contribution in [-0.2, 0) is 0 Å². The minimum absolute atomic E-state index is 0.159. The van der Waals surface area contributed by atoms with Crippen molar-refractivity contribution in [3.63, 3.8) is 0 Å². The Morgan fingerprint density at radius 3 is 2.06 bits per heavy atom. The largest absolute Gasteiger partial charge is 0.384 e. The molecule has 0 aromatic heterocycles. The van der Waals surface area contributed by atoms with Gasteiger partial charge in [0.05, 0.1) is 10.1 Å². The number of hydrogen-bond donors (Lipinski definition) is 2. The second-order valence-electron chi connectivity index (χ2n) is 3.69. The molecule has 2 unspecified atom stereocenters. The molecular formula is C12H9Cl3O2. The zero-order chi connectivity index (χ0) is 12.6. The van der Waals surface area contributed by atoms with Gasteiger partial charge in [-0.1, -0.05) is 46.9 Å². The van der Waals surface area contributed by atoms with E-state index in [4.69, 9.17) is 34.8 Å². The van der Waals surface area contributed by atoms with Crippen LogP contribution in [0.1, 0.15) is 5.56 Å². The van der Waals surface area contributed by atoms with Crippen LogP contribution in [0, 0.1) is 0 Å². The lowest BCUT2D eigenvalue weighted by molar-refractivity contribution is 0.0740. The lowest BCUT2D eigenvalue weighted by Gasteiger charge is -2.24. The first-order valence-corrected chi connectivity index (χ1v) is 6.03. The summed E-state index contributed by atoms with van der Waals surface area (Å²) in [5, 5.41) is 20.2. The zero-order valence-corrected chi connectivity index (χ0v) is 10.8. The zero-order valence-electron chi connectivity index (χ0n) is 8.57. The number of halogens is 3. The minimum Gasteiger partial charge on any atom is -0.384 e. The molecule has 0 bridgehead atoms. The molecule has 0 spiro atoms. The summed E-state index contributed by atoms with van der Waals surface area (Å²) in [6.45, 7) is 0. The van der Waals surface area contributed by atoms with E-state index in [1.54, 1.807) is 30.3 Å². The van der Waals surface area contributed by atoms with Crippen LogP contribution in [-0.4, -0.2) is 22.4 Å². The fourth-order valence-electron chi connectivity index (χ4n) is 1.59. The smallest absolute Gasteiger partial charge is 0.121 e. The number of allylic oxidation sites excluding steroid dienone is 2. The first kappa shape index (κ1) is 12.9. The maximum Gasteiger partial charge on any atom is 0.121 e. The van der Waals surface area contributed by atoms with Gasteiger partial charge in [0.1, 0.15) is 12.2 Å². The Labute approximate surface area is 114 Å². The van der Waals surface area contributed by atoms with Crippen LogP contribution in [0.5, 0.6) is 0 Å². The van der Waals surface area contributed by atoms with Crippen LogP contribution in [0.4, 0.5) is 0 Å². The highest BCUT2D eigenvalue weighted by molar-refractivity contribution is 6.36. The third-order valence-electron chi connectivity index (χ3n) is 2.54. The second kappa shape index (κ2) is 5.01. The Morgan fingerprint density at radius 1 is 0.882 bits per heavy atom. The molecule has 0 saturated carbocycles. The van der Waals surface area contributed by atoms with Gasteiger partial charge in [-0.25, -0.2) is 0 Å². The average Bonchev–Trinajstić information content (AvgIpc) is 2.32. The first-order chi connectivity index (χ1) is 8.00. The summed E-state index contributed by atoms with van der Waals surface area (Å²) in [5.74, 6) is 0. The SMILES string of the molecule is OC1C(Cl)=CC(c2ccc(Cl)cc2)=C(Cl)C1O. The molecule has 2 N–H and O–H groups in total. The first-order valence-electron chi connectivity index (χ1n) is 4.89. The van der Waals surface area contributed by atoms with Gasteiger partial charge in [-0.2, -0.15) is 0 Å². The molecule has 17 heavy (non-hydrogen) atoms. The van der Waals surface area contributed by atoms with Gasteiger partial charge in [-0.05, 0) is 23.8 Å². The highest BCUT2D eigenvalue weighted by Crippen LogP contribution is 2.35. The van der Waals surface area contributed by atoms with Gasteiger partial charge in [0, 0.05) is 10.6 Å². The van der Waals surface area contributed by atoms with E-state index in [1.165, 1.54) is 0 Å². The van der Waals surface area contributed by atoms with Crippen molar-refractivity contribution < 1.29 is 10.2 Å². The van der Waals surface area contributed by atoms with E-state index in [-0.39, 0.29) is 10.1 Å². The van der Waals surface area contributed by atoms with Crippen molar-refractivity contribution in [2.24, 2.45) is 0 Å². The molecule has 0 radical (unpaired) electrons. The summed E-state index contributed by atoms with van der Waals surface area (Å²) < 4.78 is 0. The van der Waals surface area contributed by atoms with Crippen LogP contribution in [0.2, 0.25) is 5.02 Å². The van der Waals surface area contributed by atoms with E-state index in [1.807, 2.05) is 0 Å². The van der Waals surface area contributed by atoms with E-state index < -0.39 is 12.2 Å². The Bertz CT molecular complexity index is 491. The van der Waals surface area contributed by atoms with Gasteiger partial charge >= 0.3 is 0 Å². The Morgan fingerprint density at radius 2 is 1.47 bits per heavy atom. The highest BCUT2D eigenvalue weighted by atomic mass is 35.5. The van der Waals surface area contributed by atoms with Crippen LogP contribution < -0.4 is 0 Å². The predicted octanol–water partition coefficient (Wildman–Crippen LogP) is 3.15. The molecule has 0 saturated heterocycles. The maximum atomic E-state index is 9.71. The second-order valence-corrected chi connectivity index (χ2v) is 4.97. The number of aliphatic hydroxyl groups excluding tert-OH is 2. The molecule has 0 heterocycles. The number of rotatable bonds is 1. The molecule has 0 amide bonds. The topological polar surface area (TPSA) is 40.5 Å². The summed E-state index contributed by atoms with van der Waals surface area (Å²) in [5.41, 5.74) is 1.37. The van der Waals surface area contributed by atoms with Crippen LogP contribution in [0.15, 0.2) is 40.4 Å². The van der Waals surface area contributed by atoms with Crippen molar-refractivity contribution in [1.82, 2.24) is 0 Å². The van der Waals surface area contributed by atoms with Crippen molar-refractivity contribution in [2.45, 2.75) is 12.2 Å². The molecule has 1 aliphatic rings. The summed E-state index contributed by atoms with van der Waals surface area (Å²) in [7, 11) is 0. The van der Waals surface area contributed by atoms with Gasteiger partial charge in [0.15, 0.2) is 0 Å². The highest BCUT2D eigenvalue weighted by Gasteiger charge is 2.29. The van der Waals surface area contributed by atoms with Crippen molar-refractivity contribution >= 4 is 40.4 Å². The molecule has 1 aliphatic carbocycles. The van der Waals surface area contributed by atoms with Crippen LogP contribution >= 0.6 is 34.8 Å². The molecule has 0 fully saturated rings. The van der Waals surface area contributed by atoms with Crippen molar-refractivity contribution in [2.75, 3.05) is 0 Å². The molecule has 2 nitrogen and oxygen atoms in total. The minimum atomic E-state index is -1.19. The lowest BCUT2D eigenvalue weighted by Crippen LogP contribution is -2.29. The summed E-state index contributed by atoms with van der Waals surface area (Å²) in [6.07, 6.45) is -0.815. The fourth-order valence-corrected chi connectivity index (χ4v) is 2.23. The quantitative estimate of drug-likeness (QED) is 0.834. The molecule has 0 aliphatic heterocycles. The third-order valence-corrected chi connectivity index (χ3v) is 3.55. The maximum absolute atomic E-state index is 9.71. The Balaban J connectivity index is 2.48. The average molecular weight is 292 g/mol. The van der Waals surface area contributed by atoms with Crippen molar-refractivity contribution in [3.8, 4) is 0 Å². The van der Waals surface area contributed by atoms with Crippen molar-refractivity contribution in [1.29, 1.82) is 0 Å². The molecule has 1 aromatic rings. The molecule has 2 rings (SSSR count). The molecule has 1 aromatic carbocycles. The number of aliphatic hydroxyl groups is 2. The van der Waals surface area contributed by atoms with E-state index in [0.29, 0.717) is 10.6 Å². The summed E-state index contributed by atoms with van der Waals surface area (Å²) in [6, 6.07) is 6.97. The van der Waals surface area contributed by atoms with Gasteiger partial charge in [-0.3, -0.25) is 0 Å². The van der Waals surface area contributed by atoms with Gasteiger partial charge in [0.25, 0.3) is 0 Å².